The Morgan fingerprint density at radius 1 is 1.32 bits per heavy atom. The van der Waals surface area contributed by atoms with Crippen LogP contribution in [0, 0.1) is 0 Å². The molecule has 1 aromatic heterocycles. The molecule has 19 heavy (non-hydrogen) atoms. The molecule has 1 saturated heterocycles. The van der Waals surface area contributed by atoms with E-state index >= 15 is 0 Å². The monoisotopic (exact) mass is 258 g/mol. The molecule has 0 spiro atoms. The Bertz CT molecular complexity index is 553. The minimum absolute atomic E-state index is 0.308. The molecule has 4 heteroatoms. The highest BCUT2D eigenvalue weighted by molar-refractivity contribution is 5.73. The van der Waals surface area contributed by atoms with Crippen molar-refractivity contribution in [3.05, 3.63) is 36.2 Å². The lowest BCUT2D eigenvalue weighted by atomic mass is 10.1. The van der Waals surface area contributed by atoms with Gasteiger partial charge in [0, 0.05) is 6.61 Å². The molecule has 1 N–H and O–H groups in total. The predicted molar refractivity (Wildman–Crippen MR) is 72.7 cm³/mol. The highest BCUT2D eigenvalue weighted by atomic mass is 16.5. The minimum atomic E-state index is -0.554. The van der Waals surface area contributed by atoms with Gasteiger partial charge in [-0.25, -0.2) is 4.98 Å². The van der Waals surface area contributed by atoms with Crippen molar-refractivity contribution in [2.24, 2.45) is 0 Å². The van der Waals surface area contributed by atoms with Gasteiger partial charge >= 0.3 is 0 Å². The summed E-state index contributed by atoms with van der Waals surface area (Å²) in [4.78, 5) is 8.80. The summed E-state index contributed by atoms with van der Waals surface area (Å²) in [5.74, 6) is 0. The van der Waals surface area contributed by atoms with Gasteiger partial charge in [0.1, 0.15) is 0 Å². The van der Waals surface area contributed by atoms with Gasteiger partial charge < -0.3 is 9.84 Å². The molecule has 1 aliphatic rings. The number of benzene rings is 1. The van der Waals surface area contributed by atoms with Gasteiger partial charge in [0.05, 0.1) is 35.1 Å². The summed E-state index contributed by atoms with van der Waals surface area (Å²) in [6.07, 6.45) is 5.23. The highest BCUT2D eigenvalue weighted by Gasteiger charge is 2.18. The molecule has 100 valence electrons. The van der Waals surface area contributed by atoms with Gasteiger partial charge in [-0.05, 0) is 37.8 Å². The molecule has 2 aromatic rings. The second-order valence-electron chi connectivity index (χ2n) is 5.01. The first-order valence-electron chi connectivity index (χ1n) is 6.84. The Hall–Kier alpha value is -1.52. The third-order valence-corrected chi connectivity index (χ3v) is 3.59. The predicted octanol–water partition coefficient (Wildman–Crippen LogP) is 2.62. The number of aliphatic hydroxyl groups is 1. The van der Waals surface area contributed by atoms with Gasteiger partial charge in [0.2, 0.25) is 0 Å². The van der Waals surface area contributed by atoms with Crippen LogP contribution < -0.4 is 0 Å². The Morgan fingerprint density at radius 3 is 2.95 bits per heavy atom. The SMILES string of the molecule is OC(CCC1CCCO1)c1cnc2ccccc2n1. The Labute approximate surface area is 112 Å². The summed E-state index contributed by atoms with van der Waals surface area (Å²) >= 11 is 0. The Kier molecular flexibility index (Phi) is 3.71. The highest BCUT2D eigenvalue weighted by Crippen LogP contribution is 2.23. The normalized spacial score (nSPS) is 20.8. The molecule has 0 aliphatic carbocycles. The van der Waals surface area contributed by atoms with Crippen molar-refractivity contribution in [1.29, 1.82) is 0 Å². The molecule has 2 heterocycles. The van der Waals surface area contributed by atoms with E-state index < -0.39 is 6.10 Å². The number of rotatable bonds is 4. The molecule has 2 atom stereocenters. The molecule has 1 aromatic carbocycles. The first kappa shape index (κ1) is 12.5. The number of hydrogen-bond acceptors (Lipinski definition) is 4. The zero-order valence-electron chi connectivity index (χ0n) is 10.8. The van der Waals surface area contributed by atoms with Crippen LogP contribution in [-0.4, -0.2) is 27.8 Å². The summed E-state index contributed by atoms with van der Waals surface area (Å²) in [5, 5.41) is 10.2. The van der Waals surface area contributed by atoms with Crippen molar-refractivity contribution in [1.82, 2.24) is 9.97 Å². The Balaban J connectivity index is 1.68. The maximum absolute atomic E-state index is 10.2. The lowest BCUT2D eigenvalue weighted by molar-refractivity contribution is 0.0802. The van der Waals surface area contributed by atoms with E-state index in [0.717, 1.165) is 36.9 Å². The van der Waals surface area contributed by atoms with Crippen molar-refractivity contribution < 1.29 is 9.84 Å². The number of ether oxygens (including phenoxy) is 1. The molecule has 0 radical (unpaired) electrons. The summed E-state index contributed by atoms with van der Waals surface area (Å²) in [5.41, 5.74) is 2.34. The number of para-hydroxylation sites is 2. The number of aromatic nitrogens is 2. The largest absolute Gasteiger partial charge is 0.387 e. The summed E-state index contributed by atoms with van der Waals surface area (Å²) in [6, 6.07) is 7.70. The third-order valence-electron chi connectivity index (χ3n) is 3.59. The smallest absolute Gasteiger partial charge is 0.0976 e. The zero-order chi connectivity index (χ0) is 13.1. The molecule has 3 rings (SSSR count). The van der Waals surface area contributed by atoms with Crippen molar-refractivity contribution in [3.8, 4) is 0 Å². The van der Waals surface area contributed by atoms with Crippen LogP contribution in [0.2, 0.25) is 0 Å². The van der Waals surface area contributed by atoms with E-state index in [1.807, 2.05) is 24.3 Å². The van der Waals surface area contributed by atoms with Crippen LogP contribution in [0.5, 0.6) is 0 Å². The maximum atomic E-state index is 10.2. The lowest BCUT2D eigenvalue weighted by Crippen LogP contribution is -2.09. The molecule has 1 aliphatic heterocycles. The molecule has 4 nitrogen and oxygen atoms in total. The van der Waals surface area contributed by atoms with Crippen LogP contribution in [0.1, 0.15) is 37.5 Å². The van der Waals surface area contributed by atoms with Crippen LogP contribution in [0.15, 0.2) is 30.5 Å². The van der Waals surface area contributed by atoms with Gasteiger partial charge in [-0.1, -0.05) is 12.1 Å². The number of hydrogen-bond donors (Lipinski definition) is 1. The van der Waals surface area contributed by atoms with Crippen LogP contribution in [-0.2, 0) is 4.74 Å². The molecule has 0 saturated carbocycles. The first-order chi connectivity index (χ1) is 9.33. The number of fused-ring (bicyclic) bond motifs is 1. The van der Waals surface area contributed by atoms with Crippen molar-refractivity contribution in [3.63, 3.8) is 0 Å². The molecular weight excluding hydrogens is 240 g/mol. The average Bonchev–Trinajstić information content (AvgIpc) is 2.97. The van der Waals surface area contributed by atoms with Crippen molar-refractivity contribution >= 4 is 11.0 Å². The minimum Gasteiger partial charge on any atom is -0.387 e. The van der Waals surface area contributed by atoms with Crippen LogP contribution in [0.3, 0.4) is 0 Å². The van der Waals surface area contributed by atoms with Crippen LogP contribution in [0.25, 0.3) is 11.0 Å². The van der Waals surface area contributed by atoms with Crippen molar-refractivity contribution in [2.45, 2.75) is 37.9 Å². The summed E-state index contributed by atoms with van der Waals surface area (Å²) in [6.45, 7) is 0.858. The standard InChI is InChI=1S/C15H18N2O2/c18-15(8-7-11-4-3-9-19-11)14-10-16-12-5-1-2-6-13(12)17-14/h1-2,5-6,10-11,15,18H,3-4,7-9H2. The molecular formula is C15H18N2O2. The average molecular weight is 258 g/mol. The first-order valence-corrected chi connectivity index (χ1v) is 6.84. The van der Waals surface area contributed by atoms with E-state index in [2.05, 4.69) is 9.97 Å². The van der Waals surface area contributed by atoms with E-state index in [4.69, 9.17) is 4.74 Å². The van der Waals surface area contributed by atoms with E-state index in [0.29, 0.717) is 18.2 Å². The molecule has 2 unspecified atom stereocenters. The van der Waals surface area contributed by atoms with Gasteiger partial charge in [-0.3, -0.25) is 4.98 Å². The van der Waals surface area contributed by atoms with Gasteiger partial charge in [-0.15, -0.1) is 0 Å². The second-order valence-corrected chi connectivity index (χ2v) is 5.01. The zero-order valence-corrected chi connectivity index (χ0v) is 10.8. The maximum Gasteiger partial charge on any atom is 0.0976 e. The number of aliphatic hydroxyl groups excluding tert-OH is 1. The van der Waals surface area contributed by atoms with Crippen LogP contribution >= 0.6 is 0 Å². The van der Waals surface area contributed by atoms with E-state index in [1.165, 1.54) is 0 Å². The quantitative estimate of drug-likeness (QED) is 0.916. The van der Waals surface area contributed by atoms with Crippen LogP contribution in [0.4, 0.5) is 0 Å². The third kappa shape index (κ3) is 2.91. The second kappa shape index (κ2) is 5.63. The van der Waals surface area contributed by atoms with E-state index in [9.17, 15) is 5.11 Å². The molecule has 0 amide bonds. The van der Waals surface area contributed by atoms with Gasteiger partial charge in [0.15, 0.2) is 0 Å². The van der Waals surface area contributed by atoms with E-state index in [-0.39, 0.29) is 0 Å². The fourth-order valence-corrected chi connectivity index (χ4v) is 2.50. The lowest BCUT2D eigenvalue weighted by Gasteiger charge is -2.13. The topological polar surface area (TPSA) is 55.2 Å². The number of nitrogens with zero attached hydrogens (tertiary/aromatic N) is 2. The fourth-order valence-electron chi connectivity index (χ4n) is 2.50. The van der Waals surface area contributed by atoms with Gasteiger partial charge in [0.25, 0.3) is 0 Å². The van der Waals surface area contributed by atoms with Crippen molar-refractivity contribution in [2.75, 3.05) is 6.61 Å². The van der Waals surface area contributed by atoms with E-state index in [1.54, 1.807) is 6.20 Å². The Morgan fingerprint density at radius 2 is 2.16 bits per heavy atom. The summed E-state index contributed by atoms with van der Waals surface area (Å²) in [7, 11) is 0. The fraction of sp³-hybridized carbons (Fsp3) is 0.467. The van der Waals surface area contributed by atoms with Gasteiger partial charge in [-0.2, -0.15) is 0 Å². The molecule has 0 bridgehead atoms. The molecule has 1 fully saturated rings. The summed E-state index contributed by atoms with van der Waals surface area (Å²) < 4.78 is 5.56.